The van der Waals surface area contributed by atoms with E-state index >= 15 is 0 Å². The van der Waals surface area contributed by atoms with Crippen LogP contribution < -0.4 is 0 Å². The molecule has 0 spiro atoms. The van der Waals surface area contributed by atoms with Gasteiger partial charge in [-0.1, -0.05) is 23.3 Å². The second kappa shape index (κ2) is 3.58. The number of hydrogen-bond donors (Lipinski definition) is 0. The number of hydrogen-bond acceptors (Lipinski definition) is 1. The van der Waals surface area contributed by atoms with Crippen molar-refractivity contribution in [2.45, 2.75) is 53.4 Å². The minimum absolute atomic E-state index is 0.200. The summed E-state index contributed by atoms with van der Waals surface area (Å²) in [6.07, 6.45) is 8.59. The van der Waals surface area contributed by atoms with Crippen LogP contribution in [0.1, 0.15) is 53.4 Å². The summed E-state index contributed by atoms with van der Waals surface area (Å²) in [5, 5.41) is 0. The smallest absolute Gasteiger partial charge is 0.152 e. The maximum atomic E-state index is 12.8. The number of ketones is 1. The summed E-state index contributed by atoms with van der Waals surface area (Å²) in [7, 11) is 0. The maximum Gasteiger partial charge on any atom is 0.152 e. The van der Waals surface area contributed by atoms with Crippen LogP contribution in [-0.2, 0) is 4.79 Å². The highest BCUT2D eigenvalue weighted by atomic mass is 16.1. The molecule has 0 aromatic heterocycles. The van der Waals surface area contributed by atoms with Gasteiger partial charge in [-0.05, 0) is 53.4 Å². The van der Waals surface area contributed by atoms with Crippen molar-refractivity contribution in [1.29, 1.82) is 0 Å². The molecule has 88 valence electrons. The van der Waals surface area contributed by atoms with Crippen molar-refractivity contribution in [1.82, 2.24) is 0 Å². The third kappa shape index (κ3) is 1.41. The Bertz CT molecular complexity index is 352. The van der Waals surface area contributed by atoms with E-state index in [2.05, 4.69) is 39.8 Å². The summed E-state index contributed by atoms with van der Waals surface area (Å²) in [5.41, 5.74) is 2.15. The van der Waals surface area contributed by atoms with Gasteiger partial charge < -0.3 is 0 Å². The molecule has 1 nitrogen and oxygen atoms in total. The van der Waals surface area contributed by atoms with Gasteiger partial charge in [0.2, 0.25) is 0 Å². The Labute approximate surface area is 98.6 Å². The van der Waals surface area contributed by atoms with Crippen LogP contribution in [0.3, 0.4) is 0 Å². The van der Waals surface area contributed by atoms with Crippen molar-refractivity contribution in [2.75, 3.05) is 0 Å². The molecule has 2 aliphatic rings. The topological polar surface area (TPSA) is 17.1 Å². The van der Waals surface area contributed by atoms with Crippen molar-refractivity contribution in [3.8, 4) is 0 Å². The molecule has 0 aromatic rings. The van der Waals surface area contributed by atoms with Crippen molar-refractivity contribution < 1.29 is 4.79 Å². The molecule has 0 saturated carbocycles. The van der Waals surface area contributed by atoms with Crippen molar-refractivity contribution >= 4 is 5.78 Å². The predicted octanol–water partition coefficient (Wildman–Crippen LogP) is 4.05. The van der Waals surface area contributed by atoms with E-state index in [1.54, 1.807) is 0 Å². The lowest BCUT2D eigenvalue weighted by Gasteiger charge is -2.35. The van der Waals surface area contributed by atoms with Crippen molar-refractivity contribution in [3.63, 3.8) is 0 Å². The van der Waals surface area contributed by atoms with Gasteiger partial charge in [0.15, 0.2) is 5.78 Å². The standard InChI is InChI=1S/C15H22O/c1-11-7-5-9-14(11,3)13(16)15(4)10-6-8-12(15)2/h7-8H,5-6,9-10H2,1-4H3. The molecule has 2 aliphatic carbocycles. The third-order valence-electron chi connectivity index (χ3n) is 4.93. The van der Waals surface area contributed by atoms with Gasteiger partial charge in [-0.2, -0.15) is 0 Å². The van der Waals surface area contributed by atoms with Crippen LogP contribution in [0.5, 0.6) is 0 Å². The Kier molecular flexibility index (Phi) is 2.60. The van der Waals surface area contributed by atoms with Crippen LogP contribution in [0.15, 0.2) is 23.3 Å². The van der Waals surface area contributed by atoms with Gasteiger partial charge in [-0.15, -0.1) is 0 Å². The minimum atomic E-state index is -0.200. The first-order chi connectivity index (χ1) is 7.41. The molecule has 0 saturated heterocycles. The second-order valence-corrected chi connectivity index (χ2v) is 5.84. The molecule has 2 atom stereocenters. The fraction of sp³-hybridized carbons (Fsp3) is 0.667. The molecule has 0 aliphatic heterocycles. The summed E-state index contributed by atoms with van der Waals surface area (Å²) in [5.74, 6) is 0.442. The van der Waals surface area contributed by atoms with Crippen LogP contribution in [0.25, 0.3) is 0 Å². The highest BCUT2D eigenvalue weighted by Gasteiger charge is 2.48. The Balaban J connectivity index is 2.33. The highest BCUT2D eigenvalue weighted by Crippen LogP contribution is 2.49. The zero-order valence-electron chi connectivity index (χ0n) is 10.9. The van der Waals surface area contributed by atoms with E-state index in [0.29, 0.717) is 5.78 Å². The molecule has 0 fully saturated rings. The van der Waals surface area contributed by atoms with Gasteiger partial charge >= 0.3 is 0 Å². The molecule has 2 unspecified atom stereocenters. The quantitative estimate of drug-likeness (QED) is 0.639. The van der Waals surface area contributed by atoms with Crippen LogP contribution in [0.2, 0.25) is 0 Å². The van der Waals surface area contributed by atoms with Crippen LogP contribution >= 0.6 is 0 Å². The molecule has 0 radical (unpaired) electrons. The zero-order valence-corrected chi connectivity index (χ0v) is 10.9. The molecule has 0 N–H and O–H groups in total. The van der Waals surface area contributed by atoms with Gasteiger partial charge in [-0.3, -0.25) is 4.79 Å². The highest BCUT2D eigenvalue weighted by molar-refractivity contribution is 5.95. The number of carbonyl (C=O) groups excluding carboxylic acids is 1. The summed E-state index contributed by atoms with van der Waals surface area (Å²) < 4.78 is 0. The molecular weight excluding hydrogens is 196 g/mol. The monoisotopic (exact) mass is 218 g/mol. The Morgan fingerprint density at radius 2 is 1.38 bits per heavy atom. The van der Waals surface area contributed by atoms with Gasteiger partial charge in [-0.25, -0.2) is 0 Å². The van der Waals surface area contributed by atoms with E-state index in [1.807, 2.05) is 0 Å². The van der Waals surface area contributed by atoms with Gasteiger partial charge in [0, 0.05) is 10.8 Å². The predicted molar refractivity (Wildman–Crippen MR) is 67.2 cm³/mol. The van der Waals surface area contributed by atoms with E-state index < -0.39 is 0 Å². The van der Waals surface area contributed by atoms with Crippen LogP contribution in [-0.4, -0.2) is 5.78 Å². The van der Waals surface area contributed by atoms with Crippen molar-refractivity contribution in [3.05, 3.63) is 23.3 Å². The van der Waals surface area contributed by atoms with E-state index in [0.717, 1.165) is 25.7 Å². The Morgan fingerprint density at radius 1 is 1.00 bits per heavy atom. The first kappa shape index (κ1) is 11.6. The number of carbonyl (C=O) groups is 1. The average Bonchev–Trinajstić information content (AvgIpc) is 2.74. The lowest BCUT2D eigenvalue weighted by atomic mass is 9.66. The molecule has 16 heavy (non-hydrogen) atoms. The third-order valence-corrected chi connectivity index (χ3v) is 4.93. The summed E-state index contributed by atoms with van der Waals surface area (Å²) >= 11 is 0. The Hall–Kier alpha value is -0.850. The zero-order chi connectivity index (χ0) is 12.0. The van der Waals surface area contributed by atoms with E-state index in [9.17, 15) is 4.79 Å². The number of rotatable bonds is 2. The SMILES string of the molecule is CC1=CCCC1(C)C(=O)C1(C)CCC=C1C. The molecule has 2 rings (SSSR count). The fourth-order valence-corrected chi connectivity index (χ4v) is 3.19. The van der Waals surface area contributed by atoms with Gasteiger partial charge in [0.1, 0.15) is 0 Å². The van der Waals surface area contributed by atoms with Gasteiger partial charge in [0.05, 0.1) is 0 Å². The van der Waals surface area contributed by atoms with Crippen LogP contribution in [0.4, 0.5) is 0 Å². The number of Topliss-reactive ketones (excluding diaryl/α,β-unsaturated/α-hetero) is 1. The summed E-state index contributed by atoms with van der Waals surface area (Å²) in [6, 6.07) is 0. The van der Waals surface area contributed by atoms with Crippen LogP contribution in [0, 0.1) is 10.8 Å². The van der Waals surface area contributed by atoms with Gasteiger partial charge in [0.25, 0.3) is 0 Å². The lowest BCUT2D eigenvalue weighted by Crippen LogP contribution is -2.39. The molecule has 1 heteroatoms. The average molecular weight is 218 g/mol. The minimum Gasteiger partial charge on any atom is -0.298 e. The maximum absolute atomic E-state index is 12.8. The first-order valence-corrected chi connectivity index (χ1v) is 6.31. The molecular formula is C15H22O. The Morgan fingerprint density at radius 3 is 1.62 bits per heavy atom. The second-order valence-electron chi connectivity index (χ2n) is 5.84. The van der Waals surface area contributed by atoms with E-state index in [1.165, 1.54) is 11.1 Å². The molecule has 0 heterocycles. The molecule has 0 bridgehead atoms. The fourth-order valence-electron chi connectivity index (χ4n) is 3.19. The normalized spacial score (nSPS) is 38.5. The largest absolute Gasteiger partial charge is 0.298 e. The van der Waals surface area contributed by atoms with Crippen molar-refractivity contribution in [2.24, 2.45) is 10.8 Å². The first-order valence-electron chi connectivity index (χ1n) is 6.31. The number of allylic oxidation sites excluding steroid dienone is 4. The summed E-state index contributed by atoms with van der Waals surface area (Å²) in [4.78, 5) is 12.8. The van der Waals surface area contributed by atoms with E-state index in [4.69, 9.17) is 0 Å². The van der Waals surface area contributed by atoms with E-state index in [-0.39, 0.29) is 10.8 Å². The molecule has 0 aromatic carbocycles. The summed E-state index contributed by atoms with van der Waals surface area (Å²) in [6.45, 7) is 8.49. The lowest BCUT2D eigenvalue weighted by molar-refractivity contribution is -0.133. The molecule has 0 amide bonds.